The quantitative estimate of drug-likeness (QED) is 0.652. The highest BCUT2D eigenvalue weighted by Gasteiger charge is 2.19. The monoisotopic (exact) mass is 386 g/mol. The van der Waals surface area contributed by atoms with Crippen LogP contribution in [-0.2, 0) is 4.79 Å². The molecule has 146 valence electrons. The van der Waals surface area contributed by atoms with Gasteiger partial charge in [0.25, 0.3) is 5.91 Å². The van der Waals surface area contributed by atoms with Crippen LogP contribution in [0.3, 0.4) is 0 Å². The lowest BCUT2D eigenvalue weighted by atomic mass is 10.1. The van der Waals surface area contributed by atoms with Crippen molar-refractivity contribution in [3.05, 3.63) is 84.4 Å². The third-order valence-electron chi connectivity index (χ3n) is 4.83. The number of nitrogens with zero attached hydrogens (tertiary/aromatic N) is 1. The third-order valence-corrected chi connectivity index (χ3v) is 4.83. The van der Waals surface area contributed by atoms with Crippen molar-refractivity contribution in [2.45, 2.75) is 19.3 Å². The van der Waals surface area contributed by atoms with Crippen LogP contribution in [0.25, 0.3) is 0 Å². The molecule has 1 fully saturated rings. The van der Waals surface area contributed by atoms with Crippen molar-refractivity contribution in [2.24, 2.45) is 0 Å². The molecule has 0 saturated carbocycles. The number of nitrogens with one attached hydrogen (secondary N) is 1. The fraction of sp³-hybridized carbons (Fsp3) is 0.167. The van der Waals surface area contributed by atoms with Crippen molar-refractivity contribution >= 4 is 23.2 Å². The van der Waals surface area contributed by atoms with Gasteiger partial charge in [-0.2, -0.15) is 0 Å². The maximum atomic E-state index is 12.6. The molecule has 29 heavy (non-hydrogen) atoms. The Bertz CT molecular complexity index is 1000. The summed E-state index contributed by atoms with van der Waals surface area (Å²) in [6.45, 7) is 0.721. The SMILES string of the molecule is O=C(Nc1cccc(N2CCCCC2=O)c1)c1ccc(Oc2ccccc2)cc1. The fourth-order valence-corrected chi connectivity index (χ4v) is 3.33. The first-order chi connectivity index (χ1) is 14.2. The van der Waals surface area contributed by atoms with E-state index in [0.717, 1.165) is 30.8 Å². The highest BCUT2D eigenvalue weighted by Crippen LogP contribution is 2.25. The molecule has 0 unspecified atom stereocenters. The van der Waals surface area contributed by atoms with E-state index in [1.54, 1.807) is 29.2 Å². The number of hydrogen-bond acceptors (Lipinski definition) is 3. The summed E-state index contributed by atoms with van der Waals surface area (Å²) in [5, 5.41) is 2.90. The van der Waals surface area contributed by atoms with Crippen LogP contribution in [0.2, 0.25) is 0 Å². The van der Waals surface area contributed by atoms with Gasteiger partial charge in [0.05, 0.1) is 0 Å². The number of carbonyl (C=O) groups excluding carboxylic acids is 2. The van der Waals surface area contributed by atoms with Crippen LogP contribution < -0.4 is 15.0 Å². The number of amides is 2. The van der Waals surface area contributed by atoms with Crippen molar-refractivity contribution in [3.8, 4) is 11.5 Å². The molecule has 5 nitrogen and oxygen atoms in total. The van der Waals surface area contributed by atoms with Gasteiger partial charge in [-0.05, 0) is 67.4 Å². The normalized spacial score (nSPS) is 13.8. The van der Waals surface area contributed by atoms with Gasteiger partial charge in [-0.1, -0.05) is 24.3 Å². The predicted octanol–water partition coefficient (Wildman–Crippen LogP) is 5.25. The van der Waals surface area contributed by atoms with E-state index in [-0.39, 0.29) is 11.8 Å². The van der Waals surface area contributed by atoms with Gasteiger partial charge >= 0.3 is 0 Å². The molecule has 1 saturated heterocycles. The van der Waals surface area contributed by atoms with Crippen LogP contribution in [0.15, 0.2) is 78.9 Å². The average molecular weight is 386 g/mol. The second-order valence-corrected chi connectivity index (χ2v) is 6.95. The molecule has 0 spiro atoms. The molecule has 0 radical (unpaired) electrons. The molecule has 1 aliphatic heterocycles. The van der Waals surface area contributed by atoms with Gasteiger partial charge in [-0.3, -0.25) is 9.59 Å². The molecule has 3 aromatic carbocycles. The molecule has 4 rings (SSSR count). The largest absolute Gasteiger partial charge is 0.457 e. The van der Waals surface area contributed by atoms with Gasteiger partial charge in [0, 0.05) is 29.9 Å². The van der Waals surface area contributed by atoms with E-state index >= 15 is 0 Å². The summed E-state index contributed by atoms with van der Waals surface area (Å²) in [7, 11) is 0. The van der Waals surface area contributed by atoms with E-state index in [2.05, 4.69) is 5.32 Å². The molecule has 0 aromatic heterocycles. The van der Waals surface area contributed by atoms with E-state index in [1.807, 2.05) is 54.6 Å². The zero-order valence-corrected chi connectivity index (χ0v) is 16.0. The first kappa shape index (κ1) is 18.7. The first-order valence-electron chi connectivity index (χ1n) is 9.74. The lowest BCUT2D eigenvalue weighted by molar-refractivity contribution is -0.119. The van der Waals surface area contributed by atoms with Gasteiger partial charge in [-0.15, -0.1) is 0 Å². The molecule has 3 aromatic rings. The Hall–Kier alpha value is -3.60. The van der Waals surface area contributed by atoms with Gasteiger partial charge in [0.1, 0.15) is 11.5 Å². The van der Waals surface area contributed by atoms with Gasteiger partial charge in [0.2, 0.25) is 5.91 Å². The Morgan fingerprint density at radius 2 is 1.62 bits per heavy atom. The lowest BCUT2D eigenvalue weighted by Crippen LogP contribution is -2.35. The molecule has 1 heterocycles. The summed E-state index contributed by atoms with van der Waals surface area (Å²) in [5.41, 5.74) is 2.01. The van der Waals surface area contributed by atoms with Crippen molar-refractivity contribution in [1.82, 2.24) is 0 Å². The van der Waals surface area contributed by atoms with Crippen LogP contribution in [0, 0.1) is 0 Å². The van der Waals surface area contributed by atoms with Crippen LogP contribution in [0.1, 0.15) is 29.6 Å². The highest BCUT2D eigenvalue weighted by molar-refractivity contribution is 6.05. The second-order valence-electron chi connectivity index (χ2n) is 6.95. The number of rotatable bonds is 5. The van der Waals surface area contributed by atoms with Crippen LogP contribution in [-0.4, -0.2) is 18.4 Å². The number of para-hydroxylation sites is 1. The first-order valence-corrected chi connectivity index (χ1v) is 9.74. The Labute approximate surface area is 169 Å². The molecule has 0 atom stereocenters. The number of hydrogen-bond donors (Lipinski definition) is 1. The maximum absolute atomic E-state index is 12.6. The third kappa shape index (κ3) is 4.63. The number of benzene rings is 3. The number of piperidine rings is 1. The zero-order valence-electron chi connectivity index (χ0n) is 16.0. The molecule has 1 N–H and O–H groups in total. The summed E-state index contributed by atoms with van der Waals surface area (Å²) in [6.07, 6.45) is 2.52. The molecule has 5 heteroatoms. The van der Waals surface area contributed by atoms with E-state index < -0.39 is 0 Å². The van der Waals surface area contributed by atoms with E-state index in [1.165, 1.54) is 0 Å². The Balaban J connectivity index is 1.42. The van der Waals surface area contributed by atoms with Crippen LogP contribution >= 0.6 is 0 Å². The molecule has 1 aliphatic rings. The minimum Gasteiger partial charge on any atom is -0.457 e. The summed E-state index contributed by atoms with van der Waals surface area (Å²) in [5.74, 6) is 1.33. The van der Waals surface area contributed by atoms with E-state index in [0.29, 0.717) is 23.4 Å². The molecular formula is C24H22N2O3. The predicted molar refractivity (Wildman–Crippen MR) is 114 cm³/mol. The molecule has 0 aliphatic carbocycles. The van der Waals surface area contributed by atoms with Crippen molar-refractivity contribution in [3.63, 3.8) is 0 Å². The minimum absolute atomic E-state index is 0.133. The molecule has 0 bridgehead atoms. The second kappa shape index (κ2) is 8.61. The van der Waals surface area contributed by atoms with Gasteiger partial charge in [-0.25, -0.2) is 0 Å². The number of carbonyl (C=O) groups is 2. The van der Waals surface area contributed by atoms with E-state index in [9.17, 15) is 9.59 Å². The van der Waals surface area contributed by atoms with Crippen molar-refractivity contribution < 1.29 is 14.3 Å². The minimum atomic E-state index is -0.210. The Morgan fingerprint density at radius 1 is 0.862 bits per heavy atom. The number of ether oxygens (including phenoxy) is 1. The van der Waals surface area contributed by atoms with Crippen LogP contribution in [0.4, 0.5) is 11.4 Å². The molecule has 2 amide bonds. The van der Waals surface area contributed by atoms with Gasteiger partial charge < -0.3 is 15.0 Å². The maximum Gasteiger partial charge on any atom is 0.255 e. The standard InChI is InChI=1S/C24H22N2O3/c27-23-11-4-5-16-26(23)20-8-6-7-19(17-20)25-24(28)18-12-14-22(15-13-18)29-21-9-2-1-3-10-21/h1-3,6-10,12-15,17H,4-5,11,16H2,(H,25,28). The smallest absolute Gasteiger partial charge is 0.255 e. The molecular weight excluding hydrogens is 364 g/mol. The summed E-state index contributed by atoms with van der Waals surface area (Å²) < 4.78 is 5.76. The van der Waals surface area contributed by atoms with Crippen molar-refractivity contribution in [2.75, 3.05) is 16.8 Å². The topological polar surface area (TPSA) is 58.6 Å². The van der Waals surface area contributed by atoms with Crippen LogP contribution in [0.5, 0.6) is 11.5 Å². The average Bonchev–Trinajstić information content (AvgIpc) is 2.75. The fourth-order valence-electron chi connectivity index (χ4n) is 3.33. The van der Waals surface area contributed by atoms with Crippen molar-refractivity contribution in [1.29, 1.82) is 0 Å². The van der Waals surface area contributed by atoms with Gasteiger partial charge in [0.15, 0.2) is 0 Å². The summed E-state index contributed by atoms with van der Waals surface area (Å²) >= 11 is 0. The number of anilines is 2. The Kier molecular flexibility index (Phi) is 5.56. The lowest BCUT2D eigenvalue weighted by Gasteiger charge is -2.27. The Morgan fingerprint density at radius 3 is 2.38 bits per heavy atom. The zero-order chi connectivity index (χ0) is 20.1. The summed E-state index contributed by atoms with van der Waals surface area (Å²) in [6, 6.07) is 23.9. The highest BCUT2D eigenvalue weighted by atomic mass is 16.5. The van der Waals surface area contributed by atoms with E-state index in [4.69, 9.17) is 4.74 Å². The summed E-state index contributed by atoms with van der Waals surface area (Å²) in [4.78, 5) is 26.5.